The summed E-state index contributed by atoms with van der Waals surface area (Å²) in [6.07, 6.45) is -0.817. The van der Waals surface area contributed by atoms with E-state index in [0.29, 0.717) is 16.5 Å². The molecule has 1 aromatic carbocycles. The van der Waals surface area contributed by atoms with Crippen LogP contribution in [0.5, 0.6) is 0 Å². The van der Waals surface area contributed by atoms with Gasteiger partial charge in [0.05, 0.1) is 21.4 Å². The first-order valence-electron chi connectivity index (χ1n) is 5.53. The van der Waals surface area contributed by atoms with Gasteiger partial charge in [0, 0.05) is 0 Å². The molecule has 0 aliphatic heterocycles. The van der Waals surface area contributed by atoms with Crippen LogP contribution in [0, 0.1) is 6.92 Å². The van der Waals surface area contributed by atoms with E-state index in [2.05, 4.69) is 0 Å². The van der Waals surface area contributed by atoms with Crippen LogP contribution in [0.1, 0.15) is 12.5 Å². The molecule has 0 aliphatic carbocycles. The summed E-state index contributed by atoms with van der Waals surface area (Å²) in [7, 11) is -3.23. The Labute approximate surface area is 110 Å². The molecule has 0 bridgehead atoms. The highest BCUT2D eigenvalue weighted by Gasteiger charge is 2.24. The van der Waals surface area contributed by atoms with Gasteiger partial charge in [0.1, 0.15) is 0 Å². The molecule has 1 atom stereocenters. The van der Waals surface area contributed by atoms with Crippen LogP contribution in [0.25, 0.3) is 0 Å². The number of esters is 1. The molecule has 0 saturated carbocycles. The second kappa shape index (κ2) is 6.12. The lowest BCUT2D eigenvalue weighted by molar-refractivity contribution is -0.148. The van der Waals surface area contributed by atoms with E-state index in [1.165, 1.54) is 19.1 Å². The van der Waals surface area contributed by atoms with Gasteiger partial charge in [-0.15, -0.1) is 0 Å². The Balaban J connectivity index is 2.82. The molecule has 1 unspecified atom stereocenters. The van der Waals surface area contributed by atoms with Gasteiger partial charge in [0.2, 0.25) is 0 Å². The molecular weight excluding hydrogens is 272 g/mol. The minimum absolute atomic E-state index is 0.0265. The second-order valence-corrected chi connectivity index (χ2v) is 5.91. The number of hydrogen-bond acceptors (Lipinski definition) is 5. The Bertz CT molecular complexity index is 509. The monoisotopic (exact) mass is 288 g/mol. The van der Waals surface area contributed by atoms with Crippen molar-refractivity contribution in [1.82, 2.24) is 0 Å². The Kier molecular flexibility index (Phi) is 5.06. The molecule has 0 aliphatic rings. The van der Waals surface area contributed by atoms with Gasteiger partial charge >= 0.3 is 5.97 Å². The van der Waals surface area contributed by atoms with Gasteiger partial charge < -0.3 is 4.74 Å². The fourth-order valence-corrected chi connectivity index (χ4v) is 2.57. The lowest BCUT2D eigenvalue weighted by Gasteiger charge is -2.11. The summed E-state index contributed by atoms with van der Waals surface area (Å²) in [4.78, 5) is 11.3. The van der Waals surface area contributed by atoms with E-state index >= 15 is 0 Å². The summed E-state index contributed by atoms with van der Waals surface area (Å²) >= 11 is 0. The molecule has 0 N–H and O–H groups in total. The van der Waals surface area contributed by atoms with E-state index in [9.17, 15) is 13.2 Å². The Morgan fingerprint density at radius 2 is 1.89 bits per heavy atom. The number of benzene rings is 1. The van der Waals surface area contributed by atoms with Crippen LogP contribution in [0.4, 0.5) is 0 Å². The molecule has 0 spiro atoms. The minimum Gasteiger partial charge on any atom is -0.469 e. The number of carbonyl (C=O) groups excluding carboxylic acids is 1. The molecule has 0 saturated heterocycles. The summed E-state index contributed by atoms with van der Waals surface area (Å²) < 4.78 is 33.2. The maximum atomic E-state index is 11.8. The highest BCUT2D eigenvalue weighted by molar-refractivity contribution is 7.86. The van der Waals surface area contributed by atoms with Crippen LogP contribution in [0.2, 0.25) is 0 Å². The normalized spacial score (nSPS) is 13.2. The van der Waals surface area contributed by atoms with Crippen molar-refractivity contribution in [2.75, 3.05) is 6.23 Å². The Hall–Kier alpha value is -1.18. The third-order valence-electron chi connectivity index (χ3n) is 2.20. The van der Waals surface area contributed by atoms with E-state index in [4.69, 9.17) is 8.92 Å². The lowest BCUT2D eigenvalue weighted by atomic mass is 10.2. The van der Waals surface area contributed by atoms with Gasteiger partial charge in [-0.2, -0.15) is 8.42 Å². The van der Waals surface area contributed by atoms with Crippen molar-refractivity contribution in [3.63, 3.8) is 0 Å². The van der Waals surface area contributed by atoms with Crippen molar-refractivity contribution in [2.24, 2.45) is 0 Å². The molecule has 5 nitrogen and oxygen atoms in total. The van der Waals surface area contributed by atoms with Gasteiger partial charge in [0.15, 0.2) is 6.10 Å². The maximum absolute atomic E-state index is 11.8. The van der Waals surface area contributed by atoms with Gasteiger partial charge in [0.25, 0.3) is 10.1 Å². The maximum Gasteiger partial charge on any atom is 0.336 e. The number of carbonyl (C=O) groups is 1. The molecule has 0 heterocycles. The van der Waals surface area contributed by atoms with Crippen LogP contribution >= 0.6 is 0 Å². The molecule has 1 aromatic rings. The first-order chi connectivity index (χ1) is 8.36. The zero-order valence-electron chi connectivity index (χ0n) is 10.5. The van der Waals surface area contributed by atoms with E-state index in [1.54, 1.807) is 12.1 Å². The van der Waals surface area contributed by atoms with Crippen LogP contribution in [-0.4, -0.2) is 37.0 Å². The van der Waals surface area contributed by atoms with Crippen LogP contribution in [0.3, 0.4) is 0 Å². The SMILES string of the molecule is Cc1ccc(S(=O)(=O)OC(C)C(=O)OC[SiH3])cc1. The average molecular weight is 288 g/mol. The van der Waals surface area contributed by atoms with Crippen molar-refractivity contribution in [3.05, 3.63) is 29.8 Å². The molecule has 0 aromatic heterocycles. The van der Waals surface area contributed by atoms with Crippen LogP contribution < -0.4 is 0 Å². The highest BCUT2D eigenvalue weighted by Crippen LogP contribution is 2.15. The van der Waals surface area contributed by atoms with E-state index in [0.717, 1.165) is 5.56 Å². The van der Waals surface area contributed by atoms with Gasteiger partial charge in [-0.3, -0.25) is 4.18 Å². The molecule has 1 rings (SSSR count). The summed E-state index contributed by atoms with van der Waals surface area (Å²) in [5, 5.41) is 0. The standard InChI is InChI=1S/C11H16O5SSi/c1-8-3-5-10(6-4-8)17(13,14)16-9(2)11(12)15-7-18/h3-6,9H,7H2,1-2,18H3. The molecular formula is C11H16O5SSi. The lowest BCUT2D eigenvalue weighted by Crippen LogP contribution is -2.26. The summed E-state index contributed by atoms with van der Waals surface area (Å²) in [5.41, 5.74) is 0.942. The fourth-order valence-electron chi connectivity index (χ4n) is 1.25. The predicted octanol–water partition coefficient (Wildman–Crippen LogP) is -0.0451. The molecule has 7 heteroatoms. The minimum atomic E-state index is -3.93. The largest absolute Gasteiger partial charge is 0.469 e. The third-order valence-corrected chi connectivity index (χ3v) is 3.88. The Morgan fingerprint density at radius 1 is 1.33 bits per heavy atom. The molecule has 18 heavy (non-hydrogen) atoms. The summed E-state index contributed by atoms with van der Waals surface area (Å²) in [6.45, 7) is 3.20. The quantitative estimate of drug-likeness (QED) is 0.432. The topological polar surface area (TPSA) is 69.7 Å². The van der Waals surface area contributed by atoms with Crippen LogP contribution in [0.15, 0.2) is 29.2 Å². The van der Waals surface area contributed by atoms with Crippen molar-refractivity contribution in [2.45, 2.75) is 24.8 Å². The highest BCUT2D eigenvalue weighted by atomic mass is 32.2. The van der Waals surface area contributed by atoms with Crippen molar-refractivity contribution in [3.8, 4) is 0 Å². The third kappa shape index (κ3) is 3.93. The van der Waals surface area contributed by atoms with Crippen LogP contribution in [-0.2, 0) is 23.8 Å². The first-order valence-corrected chi connectivity index (χ1v) is 8.35. The van der Waals surface area contributed by atoms with Gasteiger partial charge in [-0.05, 0) is 26.0 Å². The van der Waals surface area contributed by atoms with Crippen molar-refractivity contribution in [1.29, 1.82) is 0 Å². The van der Waals surface area contributed by atoms with Crippen molar-refractivity contribution >= 4 is 26.3 Å². The van der Waals surface area contributed by atoms with E-state index in [-0.39, 0.29) is 4.90 Å². The average Bonchev–Trinajstić information content (AvgIpc) is 2.29. The predicted molar refractivity (Wildman–Crippen MR) is 69.8 cm³/mol. The molecule has 0 radical (unpaired) electrons. The molecule has 0 fully saturated rings. The van der Waals surface area contributed by atoms with Gasteiger partial charge in [-0.1, -0.05) is 17.7 Å². The zero-order chi connectivity index (χ0) is 13.8. The van der Waals surface area contributed by atoms with E-state index in [1.807, 2.05) is 6.92 Å². The number of ether oxygens (including phenoxy) is 1. The first kappa shape index (κ1) is 14.9. The zero-order valence-corrected chi connectivity index (χ0v) is 13.4. The van der Waals surface area contributed by atoms with E-state index < -0.39 is 22.2 Å². The van der Waals surface area contributed by atoms with Crippen molar-refractivity contribution < 1.29 is 22.1 Å². The number of aryl methyl sites for hydroxylation is 1. The second-order valence-electron chi connectivity index (χ2n) is 3.76. The van der Waals surface area contributed by atoms with Gasteiger partial charge in [-0.25, -0.2) is 4.79 Å². The Morgan fingerprint density at radius 3 is 2.39 bits per heavy atom. The molecule has 0 amide bonds. The number of rotatable bonds is 5. The summed E-state index contributed by atoms with van der Waals surface area (Å²) in [6, 6.07) is 6.21. The fraction of sp³-hybridized carbons (Fsp3) is 0.364. The summed E-state index contributed by atoms with van der Waals surface area (Å²) in [5.74, 6) is -0.666. The molecule has 100 valence electrons. The smallest absolute Gasteiger partial charge is 0.336 e. The number of hydrogen-bond donors (Lipinski definition) is 0.